The largest absolute Gasteiger partial charge is 0.344 e. The van der Waals surface area contributed by atoms with E-state index in [-0.39, 0.29) is 11.8 Å². The highest BCUT2D eigenvalue weighted by Crippen LogP contribution is 2.13. The predicted octanol–water partition coefficient (Wildman–Crippen LogP) is 0.532. The predicted molar refractivity (Wildman–Crippen MR) is 93.1 cm³/mol. The second-order valence-corrected chi connectivity index (χ2v) is 6.32. The van der Waals surface area contributed by atoms with Gasteiger partial charge in [0.2, 0.25) is 5.91 Å². The van der Waals surface area contributed by atoms with Crippen molar-refractivity contribution in [2.45, 2.75) is 32.9 Å². The molecule has 1 atom stereocenters. The lowest BCUT2D eigenvalue weighted by Gasteiger charge is -2.17. The molecule has 3 heterocycles. The Morgan fingerprint density at radius 3 is 2.76 bits per heavy atom. The van der Waals surface area contributed by atoms with Crippen LogP contribution in [0.4, 0.5) is 0 Å². The Morgan fingerprint density at radius 2 is 2.12 bits per heavy atom. The lowest BCUT2D eigenvalue weighted by molar-refractivity contribution is -0.128. The number of likely N-dealkylation sites (tertiary alicyclic amines) is 1. The highest BCUT2D eigenvalue weighted by molar-refractivity contribution is 6.02. The summed E-state index contributed by atoms with van der Waals surface area (Å²) >= 11 is 0. The quantitative estimate of drug-likeness (QED) is 0.827. The van der Waals surface area contributed by atoms with Gasteiger partial charge in [-0.2, -0.15) is 5.10 Å². The molecular formula is C17H24N6O2. The third-order valence-electron chi connectivity index (χ3n) is 4.69. The molecule has 0 bridgehead atoms. The monoisotopic (exact) mass is 344 g/mol. The summed E-state index contributed by atoms with van der Waals surface area (Å²) in [5.41, 5.74) is 1.93. The first-order valence-corrected chi connectivity index (χ1v) is 8.64. The van der Waals surface area contributed by atoms with Crippen LogP contribution in [0.15, 0.2) is 18.6 Å². The molecule has 1 N–H and O–H groups in total. The maximum absolute atomic E-state index is 12.5. The van der Waals surface area contributed by atoms with Crippen LogP contribution >= 0.6 is 0 Å². The number of nitrogens with one attached hydrogen (secondary N) is 1. The lowest BCUT2D eigenvalue weighted by atomic mass is 10.2. The molecule has 0 saturated carbocycles. The first-order chi connectivity index (χ1) is 12.0. The zero-order valence-corrected chi connectivity index (χ0v) is 14.9. The molecule has 3 rings (SSSR count). The van der Waals surface area contributed by atoms with Crippen molar-refractivity contribution in [3.8, 4) is 0 Å². The maximum Gasteiger partial charge on any atom is 0.257 e. The molecule has 1 saturated heterocycles. The van der Waals surface area contributed by atoms with Crippen molar-refractivity contribution in [3.05, 3.63) is 29.7 Å². The summed E-state index contributed by atoms with van der Waals surface area (Å²) < 4.78 is 1.62. The molecule has 0 spiro atoms. The van der Waals surface area contributed by atoms with Gasteiger partial charge in [-0.3, -0.25) is 14.5 Å². The lowest BCUT2D eigenvalue weighted by Crippen LogP contribution is -2.40. The summed E-state index contributed by atoms with van der Waals surface area (Å²) in [7, 11) is 1.74. The summed E-state index contributed by atoms with van der Waals surface area (Å²) in [6.07, 6.45) is 5.80. The number of nitrogens with zero attached hydrogens (tertiary/aromatic N) is 5. The van der Waals surface area contributed by atoms with E-state index in [2.05, 4.69) is 34.1 Å². The molecule has 2 amide bonds. The Hall–Kier alpha value is -2.48. The first kappa shape index (κ1) is 17.3. The van der Waals surface area contributed by atoms with Crippen molar-refractivity contribution < 1.29 is 9.59 Å². The number of likely N-dealkylation sites (N-methyl/N-ethyl adjacent to an activating group) is 1. The van der Waals surface area contributed by atoms with Gasteiger partial charge in [0.05, 0.1) is 6.20 Å². The standard InChI is InChI=1S/C17H24N6O2/c1-4-22(5-2)10-12-8-18-15-13(9-19-23(15)11-12)16(24)20-14-6-7-21(3)17(14)25/h8-9,11,14H,4-7,10H2,1-3H3,(H,20,24)/t14-/m0/s1. The van der Waals surface area contributed by atoms with E-state index in [4.69, 9.17) is 0 Å². The molecule has 25 heavy (non-hydrogen) atoms. The van der Waals surface area contributed by atoms with Crippen molar-refractivity contribution in [2.24, 2.45) is 0 Å². The number of hydrogen-bond acceptors (Lipinski definition) is 5. The van der Waals surface area contributed by atoms with E-state index in [0.717, 1.165) is 25.2 Å². The molecule has 1 fully saturated rings. The zero-order chi connectivity index (χ0) is 18.0. The van der Waals surface area contributed by atoms with Crippen LogP contribution in [0.5, 0.6) is 0 Å². The first-order valence-electron chi connectivity index (χ1n) is 8.64. The number of aromatic nitrogens is 3. The highest BCUT2D eigenvalue weighted by atomic mass is 16.2. The van der Waals surface area contributed by atoms with Crippen molar-refractivity contribution in [1.29, 1.82) is 0 Å². The summed E-state index contributed by atoms with van der Waals surface area (Å²) in [6, 6.07) is -0.464. The minimum absolute atomic E-state index is 0.0562. The van der Waals surface area contributed by atoms with Gasteiger partial charge in [0.15, 0.2) is 5.65 Å². The number of rotatable bonds is 6. The average Bonchev–Trinajstić information content (AvgIpc) is 3.17. The van der Waals surface area contributed by atoms with Crippen LogP contribution in [-0.2, 0) is 11.3 Å². The van der Waals surface area contributed by atoms with Crippen molar-refractivity contribution in [2.75, 3.05) is 26.7 Å². The van der Waals surface area contributed by atoms with Crippen LogP contribution in [0, 0.1) is 0 Å². The summed E-state index contributed by atoms with van der Waals surface area (Å²) in [4.78, 5) is 32.8. The van der Waals surface area contributed by atoms with E-state index in [9.17, 15) is 9.59 Å². The fraction of sp³-hybridized carbons (Fsp3) is 0.529. The van der Waals surface area contributed by atoms with E-state index in [1.54, 1.807) is 22.7 Å². The van der Waals surface area contributed by atoms with E-state index < -0.39 is 6.04 Å². The van der Waals surface area contributed by atoms with Crippen LogP contribution in [0.3, 0.4) is 0 Å². The molecule has 8 nitrogen and oxygen atoms in total. The second kappa shape index (κ2) is 7.18. The Bertz CT molecular complexity index is 783. The van der Waals surface area contributed by atoms with Gasteiger partial charge in [-0.05, 0) is 19.5 Å². The van der Waals surface area contributed by atoms with Gasteiger partial charge in [-0.15, -0.1) is 0 Å². The molecule has 1 aliphatic heterocycles. The van der Waals surface area contributed by atoms with Gasteiger partial charge in [0.1, 0.15) is 11.6 Å². The number of amides is 2. The van der Waals surface area contributed by atoms with Crippen molar-refractivity contribution >= 4 is 17.5 Å². The Kier molecular flexibility index (Phi) is 4.98. The van der Waals surface area contributed by atoms with Gasteiger partial charge in [-0.25, -0.2) is 9.50 Å². The van der Waals surface area contributed by atoms with Crippen LogP contribution in [0.25, 0.3) is 5.65 Å². The van der Waals surface area contributed by atoms with E-state index in [0.29, 0.717) is 24.2 Å². The molecule has 8 heteroatoms. The maximum atomic E-state index is 12.5. The van der Waals surface area contributed by atoms with Crippen LogP contribution < -0.4 is 5.32 Å². The highest BCUT2D eigenvalue weighted by Gasteiger charge is 2.31. The van der Waals surface area contributed by atoms with Gasteiger partial charge >= 0.3 is 0 Å². The third kappa shape index (κ3) is 3.48. The van der Waals surface area contributed by atoms with Crippen LogP contribution in [-0.4, -0.2) is 68.9 Å². The summed E-state index contributed by atoms with van der Waals surface area (Å²) in [5.74, 6) is -0.369. The average molecular weight is 344 g/mol. The molecule has 2 aromatic rings. The second-order valence-electron chi connectivity index (χ2n) is 6.32. The molecule has 1 aliphatic rings. The van der Waals surface area contributed by atoms with Crippen molar-refractivity contribution in [1.82, 2.24) is 29.7 Å². The number of carbonyl (C=O) groups is 2. The van der Waals surface area contributed by atoms with Gasteiger partial charge in [0.25, 0.3) is 5.91 Å². The molecular weight excluding hydrogens is 320 g/mol. The Labute approximate surface area is 146 Å². The number of hydrogen-bond donors (Lipinski definition) is 1. The molecule has 134 valence electrons. The Morgan fingerprint density at radius 1 is 1.36 bits per heavy atom. The zero-order valence-electron chi connectivity index (χ0n) is 14.9. The van der Waals surface area contributed by atoms with Gasteiger partial charge in [0, 0.05) is 38.1 Å². The fourth-order valence-electron chi connectivity index (χ4n) is 3.05. The van der Waals surface area contributed by atoms with E-state index in [1.807, 2.05) is 6.20 Å². The molecule has 0 aromatic carbocycles. The van der Waals surface area contributed by atoms with Crippen LogP contribution in [0.1, 0.15) is 36.2 Å². The minimum atomic E-state index is -0.464. The smallest absolute Gasteiger partial charge is 0.257 e. The molecule has 2 aromatic heterocycles. The number of carbonyl (C=O) groups excluding carboxylic acids is 2. The fourth-order valence-corrected chi connectivity index (χ4v) is 3.05. The van der Waals surface area contributed by atoms with Gasteiger partial charge < -0.3 is 10.2 Å². The summed E-state index contributed by atoms with van der Waals surface area (Å²) in [5, 5.41) is 7.03. The normalized spacial score (nSPS) is 17.7. The third-order valence-corrected chi connectivity index (χ3v) is 4.69. The number of fused-ring (bicyclic) bond motifs is 1. The SMILES string of the molecule is CCN(CC)Cc1cnc2c(C(=O)N[C@H]3CCN(C)C3=O)cnn2c1. The molecule has 0 radical (unpaired) electrons. The minimum Gasteiger partial charge on any atom is -0.344 e. The molecule has 0 aliphatic carbocycles. The topological polar surface area (TPSA) is 82.8 Å². The van der Waals surface area contributed by atoms with E-state index in [1.165, 1.54) is 6.20 Å². The van der Waals surface area contributed by atoms with Gasteiger partial charge in [-0.1, -0.05) is 13.8 Å². The van der Waals surface area contributed by atoms with E-state index >= 15 is 0 Å². The molecule has 0 unspecified atom stereocenters. The Balaban J connectivity index is 1.76. The van der Waals surface area contributed by atoms with Crippen LogP contribution in [0.2, 0.25) is 0 Å². The van der Waals surface area contributed by atoms with Crippen molar-refractivity contribution in [3.63, 3.8) is 0 Å². The summed E-state index contributed by atoms with van der Waals surface area (Å²) in [6.45, 7) is 7.61.